The predicted molar refractivity (Wildman–Crippen MR) is 75.3 cm³/mol. The standard InChI is InChI=1S/C15H13FN2OS/c16-10-3-1-4-11(7-10)20-9-15-17-8-12-13(18-15)5-2-6-14(12)19/h1,3-4,7-8H,2,5-6,9H2. The summed E-state index contributed by atoms with van der Waals surface area (Å²) in [5.74, 6) is 1.15. The zero-order valence-electron chi connectivity index (χ0n) is 10.8. The van der Waals surface area contributed by atoms with Crippen molar-refractivity contribution in [2.45, 2.75) is 29.9 Å². The maximum atomic E-state index is 13.1. The number of fused-ring (bicyclic) bond motifs is 1. The van der Waals surface area contributed by atoms with Crippen molar-refractivity contribution in [1.82, 2.24) is 9.97 Å². The molecule has 0 atom stereocenters. The average molecular weight is 288 g/mol. The number of ketones is 1. The third-order valence-corrected chi connectivity index (χ3v) is 4.19. The van der Waals surface area contributed by atoms with Gasteiger partial charge < -0.3 is 0 Å². The third kappa shape index (κ3) is 2.88. The van der Waals surface area contributed by atoms with Gasteiger partial charge >= 0.3 is 0 Å². The Balaban J connectivity index is 1.74. The van der Waals surface area contributed by atoms with E-state index >= 15 is 0 Å². The molecule has 1 aliphatic rings. The lowest BCUT2D eigenvalue weighted by molar-refractivity contribution is 0.0971. The summed E-state index contributed by atoms with van der Waals surface area (Å²) in [7, 11) is 0. The van der Waals surface area contributed by atoms with E-state index in [2.05, 4.69) is 9.97 Å². The fourth-order valence-electron chi connectivity index (χ4n) is 2.21. The number of carbonyl (C=O) groups excluding carboxylic acids is 1. The van der Waals surface area contributed by atoms with E-state index in [1.54, 1.807) is 12.3 Å². The predicted octanol–water partition coefficient (Wildman–Crippen LogP) is 3.43. The van der Waals surface area contributed by atoms with E-state index in [4.69, 9.17) is 0 Å². The van der Waals surface area contributed by atoms with Gasteiger partial charge in [-0.1, -0.05) is 6.07 Å². The quantitative estimate of drug-likeness (QED) is 0.812. The van der Waals surface area contributed by atoms with Crippen molar-refractivity contribution in [1.29, 1.82) is 0 Å². The van der Waals surface area contributed by atoms with Crippen LogP contribution in [0.4, 0.5) is 4.39 Å². The van der Waals surface area contributed by atoms with E-state index < -0.39 is 0 Å². The van der Waals surface area contributed by atoms with Crippen LogP contribution in [0.3, 0.4) is 0 Å². The molecule has 0 amide bonds. The molecule has 3 rings (SSSR count). The molecule has 20 heavy (non-hydrogen) atoms. The van der Waals surface area contributed by atoms with Gasteiger partial charge in [0.05, 0.1) is 17.0 Å². The second-order valence-electron chi connectivity index (χ2n) is 4.67. The third-order valence-electron chi connectivity index (χ3n) is 3.20. The topological polar surface area (TPSA) is 42.9 Å². The molecule has 0 saturated carbocycles. The summed E-state index contributed by atoms with van der Waals surface area (Å²) in [5, 5.41) is 0. The number of carbonyl (C=O) groups is 1. The van der Waals surface area contributed by atoms with E-state index in [0.29, 0.717) is 23.6 Å². The lowest BCUT2D eigenvalue weighted by atomic mass is 9.96. The Morgan fingerprint density at radius 3 is 3.05 bits per heavy atom. The minimum Gasteiger partial charge on any atom is -0.294 e. The monoisotopic (exact) mass is 288 g/mol. The van der Waals surface area contributed by atoms with Crippen LogP contribution in [0.5, 0.6) is 0 Å². The smallest absolute Gasteiger partial charge is 0.166 e. The molecule has 0 saturated heterocycles. The number of aryl methyl sites for hydroxylation is 1. The summed E-state index contributed by atoms with van der Waals surface area (Å²) in [6.07, 6.45) is 3.92. The highest BCUT2D eigenvalue weighted by Gasteiger charge is 2.19. The van der Waals surface area contributed by atoms with Crippen molar-refractivity contribution >= 4 is 17.5 Å². The minimum atomic E-state index is -0.244. The number of hydrogen-bond acceptors (Lipinski definition) is 4. The number of Topliss-reactive ketones (excluding diaryl/α,β-unsaturated/α-hetero) is 1. The van der Waals surface area contributed by atoms with Gasteiger partial charge in [-0.2, -0.15) is 0 Å². The Morgan fingerprint density at radius 1 is 1.30 bits per heavy atom. The Hall–Kier alpha value is -1.75. The summed E-state index contributed by atoms with van der Waals surface area (Å²) < 4.78 is 13.1. The van der Waals surface area contributed by atoms with Crippen molar-refractivity contribution in [2.75, 3.05) is 0 Å². The maximum Gasteiger partial charge on any atom is 0.166 e. The number of rotatable bonds is 3. The molecule has 5 heteroatoms. The highest BCUT2D eigenvalue weighted by atomic mass is 32.2. The molecule has 0 spiro atoms. The van der Waals surface area contributed by atoms with Crippen LogP contribution in [0.15, 0.2) is 35.4 Å². The summed E-state index contributed by atoms with van der Waals surface area (Å²) in [5.41, 5.74) is 1.52. The van der Waals surface area contributed by atoms with Crippen molar-refractivity contribution in [2.24, 2.45) is 0 Å². The number of halogens is 1. The van der Waals surface area contributed by atoms with Crippen LogP contribution in [-0.4, -0.2) is 15.8 Å². The van der Waals surface area contributed by atoms with Crippen molar-refractivity contribution < 1.29 is 9.18 Å². The van der Waals surface area contributed by atoms with Crippen molar-refractivity contribution in [3.05, 3.63) is 53.4 Å². The first-order chi connectivity index (χ1) is 9.72. The second-order valence-corrected chi connectivity index (χ2v) is 5.72. The lowest BCUT2D eigenvalue weighted by Gasteiger charge is -2.13. The van der Waals surface area contributed by atoms with Crippen molar-refractivity contribution in [3.8, 4) is 0 Å². The summed E-state index contributed by atoms with van der Waals surface area (Å²) >= 11 is 1.49. The second kappa shape index (κ2) is 5.71. The molecule has 0 bridgehead atoms. The first kappa shape index (κ1) is 13.2. The average Bonchev–Trinajstić information content (AvgIpc) is 2.45. The van der Waals surface area contributed by atoms with Gasteiger partial charge in [0.25, 0.3) is 0 Å². The molecular weight excluding hydrogens is 275 g/mol. The fraction of sp³-hybridized carbons (Fsp3) is 0.267. The summed E-state index contributed by atoms with van der Waals surface area (Å²) in [6.45, 7) is 0. The first-order valence-electron chi connectivity index (χ1n) is 6.49. The molecule has 1 aromatic carbocycles. The SMILES string of the molecule is O=C1CCCc2nc(CSc3cccc(F)c3)ncc21. The van der Waals surface area contributed by atoms with E-state index in [-0.39, 0.29) is 11.6 Å². The van der Waals surface area contributed by atoms with Gasteiger partial charge in [-0.05, 0) is 31.0 Å². The van der Waals surface area contributed by atoms with E-state index in [1.165, 1.54) is 23.9 Å². The van der Waals surface area contributed by atoms with Gasteiger partial charge in [-0.3, -0.25) is 4.79 Å². The highest BCUT2D eigenvalue weighted by molar-refractivity contribution is 7.98. The van der Waals surface area contributed by atoms with Crippen LogP contribution in [0.2, 0.25) is 0 Å². The van der Waals surface area contributed by atoms with Gasteiger partial charge in [0, 0.05) is 17.5 Å². The van der Waals surface area contributed by atoms with Gasteiger partial charge in [-0.25, -0.2) is 14.4 Å². The molecule has 1 aliphatic carbocycles. The minimum absolute atomic E-state index is 0.135. The molecule has 0 N–H and O–H groups in total. The molecule has 0 radical (unpaired) electrons. The Morgan fingerprint density at radius 2 is 2.20 bits per heavy atom. The molecule has 102 valence electrons. The Kier molecular flexibility index (Phi) is 3.78. The van der Waals surface area contributed by atoms with E-state index in [0.717, 1.165) is 23.4 Å². The van der Waals surface area contributed by atoms with E-state index in [1.807, 2.05) is 6.07 Å². The molecule has 1 aromatic heterocycles. The van der Waals surface area contributed by atoms with Gasteiger partial charge in [0.15, 0.2) is 5.78 Å². The lowest BCUT2D eigenvalue weighted by Crippen LogP contribution is -2.14. The van der Waals surface area contributed by atoms with Crippen LogP contribution >= 0.6 is 11.8 Å². The van der Waals surface area contributed by atoms with Crippen molar-refractivity contribution in [3.63, 3.8) is 0 Å². The number of hydrogen-bond donors (Lipinski definition) is 0. The number of aromatic nitrogens is 2. The van der Waals surface area contributed by atoms with Gasteiger partial charge in [-0.15, -0.1) is 11.8 Å². The first-order valence-corrected chi connectivity index (χ1v) is 7.47. The maximum absolute atomic E-state index is 13.1. The largest absolute Gasteiger partial charge is 0.294 e. The Labute approximate surface area is 120 Å². The number of thioether (sulfide) groups is 1. The normalized spacial score (nSPS) is 14.2. The molecule has 0 aliphatic heterocycles. The zero-order valence-corrected chi connectivity index (χ0v) is 11.6. The number of nitrogens with zero attached hydrogens (tertiary/aromatic N) is 2. The fourth-order valence-corrected chi connectivity index (χ4v) is 3.01. The molecule has 0 unspecified atom stereocenters. The summed E-state index contributed by atoms with van der Waals surface area (Å²) in [6, 6.07) is 6.46. The van der Waals surface area contributed by atoms with Crippen LogP contribution in [-0.2, 0) is 12.2 Å². The van der Waals surface area contributed by atoms with Crippen LogP contribution in [0.1, 0.15) is 34.7 Å². The molecule has 0 fully saturated rings. The molecule has 1 heterocycles. The summed E-state index contributed by atoms with van der Waals surface area (Å²) in [4.78, 5) is 21.2. The van der Waals surface area contributed by atoms with Gasteiger partial charge in [0.1, 0.15) is 11.6 Å². The highest BCUT2D eigenvalue weighted by Crippen LogP contribution is 2.24. The molecule has 3 nitrogen and oxygen atoms in total. The zero-order chi connectivity index (χ0) is 13.9. The Bertz CT molecular complexity index is 660. The van der Waals surface area contributed by atoms with Crippen LogP contribution < -0.4 is 0 Å². The number of benzene rings is 1. The molecular formula is C15H13FN2OS. The van der Waals surface area contributed by atoms with E-state index in [9.17, 15) is 9.18 Å². The van der Waals surface area contributed by atoms with Crippen LogP contribution in [0, 0.1) is 5.82 Å². The molecule has 2 aromatic rings. The van der Waals surface area contributed by atoms with Gasteiger partial charge in [0.2, 0.25) is 0 Å². The van der Waals surface area contributed by atoms with Crippen LogP contribution in [0.25, 0.3) is 0 Å².